The molecule has 1 aliphatic rings. The summed E-state index contributed by atoms with van der Waals surface area (Å²) >= 11 is 0. The summed E-state index contributed by atoms with van der Waals surface area (Å²) < 4.78 is 0. The average Bonchev–Trinajstić information content (AvgIpc) is 2.64. The maximum Gasteiger partial charge on any atom is 0.234 e. The van der Waals surface area contributed by atoms with Crippen molar-refractivity contribution in [3.63, 3.8) is 0 Å². The first-order valence-corrected chi connectivity index (χ1v) is 8.72. The lowest BCUT2D eigenvalue weighted by atomic mass is 9.89. The molecule has 0 aliphatic carbocycles. The van der Waals surface area contributed by atoms with Gasteiger partial charge < -0.3 is 9.80 Å². The van der Waals surface area contributed by atoms with E-state index in [1.165, 1.54) is 0 Å². The summed E-state index contributed by atoms with van der Waals surface area (Å²) in [5.41, 5.74) is 2.15. The average molecular weight is 322 g/mol. The fourth-order valence-electron chi connectivity index (χ4n) is 3.55. The zero-order chi connectivity index (χ0) is 16.9. The van der Waals surface area contributed by atoms with Gasteiger partial charge in [0.15, 0.2) is 0 Å². The molecule has 0 radical (unpaired) electrons. The van der Waals surface area contributed by atoms with Crippen molar-refractivity contribution < 1.29 is 4.79 Å². The van der Waals surface area contributed by atoms with Gasteiger partial charge in [-0.05, 0) is 38.1 Å². The molecule has 24 heavy (non-hydrogen) atoms. The van der Waals surface area contributed by atoms with Gasteiger partial charge in [-0.3, -0.25) is 4.79 Å². The van der Waals surface area contributed by atoms with Crippen molar-refractivity contribution in [2.45, 2.75) is 24.8 Å². The SMILES string of the molecule is CN(C)C1CCN(C(=O)C(c2ccccc2)c2ccccc2)CC1. The summed E-state index contributed by atoms with van der Waals surface area (Å²) in [7, 11) is 4.25. The van der Waals surface area contributed by atoms with Gasteiger partial charge in [-0.2, -0.15) is 0 Å². The summed E-state index contributed by atoms with van der Waals surface area (Å²) in [4.78, 5) is 17.6. The number of likely N-dealkylation sites (tertiary alicyclic amines) is 1. The van der Waals surface area contributed by atoms with Crippen molar-refractivity contribution in [2.24, 2.45) is 0 Å². The first-order chi connectivity index (χ1) is 11.7. The second-order valence-electron chi connectivity index (χ2n) is 6.77. The van der Waals surface area contributed by atoms with Crippen molar-refractivity contribution in [3.8, 4) is 0 Å². The molecule has 1 fully saturated rings. The molecule has 0 aromatic heterocycles. The summed E-state index contributed by atoms with van der Waals surface area (Å²) in [5.74, 6) is 0.0212. The van der Waals surface area contributed by atoms with Gasteiger partial charge in [-0.1, -0.05) is 60.7 Å². The Bertz CT molecular complexity index is 607. The minimum Gasteiger partial charge on any atom is -0.342 e. The largest absolute Gasteiger partial charge is 0.342 e. The van der Waals surface area contributed by atoms with Gasteiger partial charge in [-0.15, -0.1) is 0 Å². The molecule has 0 saturated carbocycles. The second kappa shape index (κ2) is 7.63. The van der Waals surface area contributed by atoms with Crippen molar-refractivity contribution in [1.82, 2.24) is 9.80 Å². The number of hydrogen-bond acceptors (Lipinski definition) is 2. The minimum absolute atomic E-state index is 0.205. The first kappa shape index (κ1) is 16.7. The predicted molar refractivity (Wildman–Crippen MR) is 98.0 cm³/mol. The fraction of sp³-hybridized carbons (Fsp3) is 0.381. The highest BCUT2D eigenvalue weighted by molar-refractivity contribution is 5.87. The van der Waals surface area contributed by atoms with E-state index < -0.39 is 0 Å². The van der Waals surface area contributed by atoms with E-state index >= 15 is 0 Å². The van der Waals surface area contributed by atoms with Gasteiger partial charge in [0.05, 0.1) is 5.92 Å². The van der Waals surface area contributed by atoms with Crippen LogP contribution in [0.5, 0.6) is 0 Å². The number of benzene rings is 2. The summed E-state index contributed by atoms with van der Waals surface area (Å²) in [6.45, 7) is 1.69. The van der Waals surface area contributed by atoms with E-state index in [9.17, 15) is 4.79 Å². The molecule has 1 aliphatic heterocycles. The van der Waals surface area contributed by atoms with Crippen LogP contribution in [0.2, 0.25) is 0 Å². The van der Waals surface area contributed by atoms with Crippen molar-refractivity contribution >= 4 is 5.91 Å². The van der Waals surface area contributed by atoms with Gasteiger partial charge in [0.25, 0.3) is 0 Å². The number of piperidine rings is 1. The summed E-state index contributed by atoms with van der Waals surface area (Å²) in [6, 6.07) is 20.9. The maximum atomic E-state index is 13.3. The zero-order valence-electron chi connectivity index (χ0n) is 14.6. The lowest BCUT2D eigenvalue weighted by Gasteiger charge is -2.37. The Kier molecular flexibility index (Phi) is 5.31. The molecule has 2 aromatic carbocycles. The fourth-order valence-corrected chi connectivity index (χ4v) is 3.55. The molecule has 3 rings (SSSR count). The molecular weight excluding hydrogens is 296 g/mol. The van der Waals surface area contributed by atoms with E-state index in [-0.39, 0.29) is 11.8 Å². The van der Waals surface area contributed by atoms with E-state index in [0.29, 0.717) is 6.04 Å². The number of rotatable bonds is 4. The Morgan fingerprint density at radius 1 is 0.917 bits per heavy atom. The molecule has 0 spiro atoms. The summed E-state index contributed by atoms with van der Waals surface area (Å²) in [5, 5.41) is 0. The van der Waals surface area contributed by atoms with Crippen LogP contribution in [0.1, 0.15) is 29.9 Å². The molecule has 126 valence electrons. The van der Waals surface area contributed by atoms with Crippen molar-refractivity contribution in [3.05, 3.63) is 71.8 Å². The highest BCUT2D eigenvalue weighted by atomic mass is 16.2. The third-order valence-corrected chi connectivity index (χ3v) is 5.02. The molecule has 1 heterocycles. The molecule has 0 atom stereocenters. The Morgan fingerprint density at radius 3 is 1.79 bits per heavy atom. The number of carbonyl (C=O) groups excluding carboxylic acids is 1. The van der Waals surface area contributed by atoms with Gasteiger partial charge in [0, 0.05) is 19.1 Å². The highest BCUT2D eigenvalue weighted by Gasteiger charge is 2.30. The lowest BCUT2D eigenvalue weighted by Crippen LogP contribution is -2.46. The van der Waals surface area contributed by atoms with Crippen molar-refractivity contribution in [2.75, 3.05) is 27.2 Å². The molecule has 2 aromatic rings. The highest BCUT2D eigenvalue weighted by Crippen LogP contribution is 2.28. The van der Waals surface area contributed by atoms with Gasteiger partial charge in [0.1, 0.15) is 0 Å². The first-order valence-electron chi connectivity index (χ1n) is 8.72. The molecule has 0 N–H and O–H groups in total. The summed E-state index contributed by atoms with van der Waals surface area (Å²) in [6.07, 6.45) is 2.10. The van der Waals surface area contributed by atoms with E-state index in [2.05, 4.69) is 43.3 Å². The molecule has 1 amide bonds. The molecular formula is C21H26N2O. The van der Waals surface area contributed by atoms with Gasteiger partial charge in [0.2, 0.25) is 5.91 Å². The topological polar surface area (TPSA) is 23.6 Å². The lowest BCUT2D eigenvalue weighted by molar-refractivity contribution is -0.133. The van der Waals surface area contributed by atoms with Crippen LogP contribution in [0, 0.1) is 0 Å². The number of carbonyl (C=O) groups is 1. The van der Waals surface area contributed by atoms with Crippen LogP contribution < -0.4 is 0 Å². The molecule has 3 heteroatoms. The van der Waals surface area contributed by atoms with E-state index in [1.807, 2.05) is 41.3 Å². The van der Waals surface area contributed by atoms with E-state index in [0.717, 1.165) is 37.1 Å². The maximum absolute atomic E-state index is 13.3. The molecule has 0 bridgehead atoms. The number of nitrogens with zero attached hydrogens (tertiary/aromatic N) is 2. The second-order valence-corrected chi connectivity index (χ2v) is 6.77. The Labute approximate surface area is 144 Å². The van der Waals surface area contributed by atoms with Crippen LogP contribution in [0.4, 0.5) is 0 Å². The zero-order valence-corrected chi connectivity index (χ0v) is 14.6. The smallest absolute Gasteiger partial charge is 0.234 e. The monoisotopic (exact) mass is 322 g/mol. The van der Waals surface area contributed by atoms with Crippen LogP contribution in [0.25, 0.3) is 0 Å². The Morgan fingerprint density at radius 2 is 1.38 bits per heavy atom. The minimum atomic E-state index is -0.205. The predicted octanol–water partition coefficient (Wildman–Crippen LogP) is 3.37. The van der Waals surface area contributed by atoms with Crippen LogP contribution in [-0.4, -0.2) is 48.9 Å². The van der Waals surface area contributed by atoms with Crippen LogP contribution >= 0.6 is 0 Å². The van der Waals surface area contributed by atoms with Crippen LogP contribution in [0.3, 0.4) is 0 Å². The third-order valence-electron chi connectivity index (χ3n) is 5.02. The normalized spacial score (nSPS) is 15.9. The van der Waals surface area contributed by atoms with Crippen LogP contribution in [0.15, 0.2) is 60.7 Å². The molecule has 3 nitrogen and oxygen atoms in total. The van der Waals surface area contributed by atoms with E-state index in [4.69, 9.17) is 0 Å². The van der Waals surface area contributed by atoms with E-state index in [1.54, 1.807) is 0 Å². The van der Waals surface area contributed by atoms with Gasteiger partial charge >= 0.3 is 0 Å². The molecule has 0 unspecified atom stereocenters. The molecule has 1 saturated heterocycles. The van der Waals surface area contributed by atoms with Gasteiger partial charge in [-0.25, -0.2) is 0 Å². The Balaban J connectivity index is 1.83. The number of amides is 1. The number of hydrogen-bond donors (Lipinski definition) is 0. The third kappa shape index (κ3) is 3.68. The standard InChI is InChI=1S/C21H26N2O/c1-22(2)19-13-15-23(16-14-19)21(24)20(17-9-5-3-6-10-17)18-11-7-4-8-12-18/h3-12,19-20H,13-16H2,1-2H3. The van der Waals surface area contributed by atoms with Crippen molar-refractivity contribution in [1.29, 1.82) is 0 Å². The van der Waals surface area contributed by atoms with Crippen LogP contribution in [-0.2, 0) is 4.79 Å². The Hall–Kier alpha value is -2.13. The quantitative estimate of drug-likeness (QED) is 0.861.